The van der Waals surface area contributed by atoms with Crippen LogP contribution in [0.4, 0.5) is 11.4 Å². The van der Waals surface area contributed by atoms with Gasteiger partial charge in [-0.15, -0.1) is 0 Å². The molecular weight excluding hydrogens is 350 g/mol. The molecular formula is C20H30ClN3O2. The molecule has 1 aromatic carbocycles. The van der Waals surface area contributed by atoms with Gasteiger partial charge in [0.1, 0.15) is 0 Å². The van der Waals surface area contributed by atoms with Crippen LogP contribution in [0.1, 0.15) is 70.6 Å². The Bertz CT molecular complexity index is 595. The zero-order chi connectivity index (χ0) is 18.8. The lowest BCUT2D eigenvalue weighted by molar-refractivity contribution is -0.136. The van der Waals surface area contributed by atoms with Crippen molar-refractivity contribution in [1.82, 2.24) is 5.32 Å². The number of benzene rings is 1. The number of nitrogen functional groups attached to an aromatic ring is 1. The fourth-order valence-corrected chi connectivity index (χ4v) is 3.53. The van der Waals surface area contributed by atoms with Crippen LogP contribution in [-0.2, 0) is 9.59 Å². The van der Waals surface area contributed by atoms with E-state index in [2.05, 4.69) is 10.6 Å². The molecule has 1 aromatic rings. The van der Waals surface area contributed by atoms with Gasteiger partial charge in [-0.25, -0.2) is 0 Å². The number of carbonyl (C=O) groups excluding carboxylic acids is 2. The second-order valence-corrected chi connectivity index (χ2v) is 7.53. The topological polar surface area (TPSA) is 84.2 Å². The van der Waals surface area contributed by atoms with Crippen LogP contribution in [0, 0.1) is 0 Å². The highest BCUT2D eigenvalue weighted by Crippen LogP contribution is 2.22. The number of carbonyl (C=O) groups is 2. The van der Waals surface area contributed by atoms with Crippen molar-refractivity contribution in [2.24, 2.45) is 0 Å². The van der Waals surface area contributed by atoms with Crippen LogP contribution in [-0.4, -0.2) is 17.9 Å². The first-order chi connectivity index (χ1) is 12.6. The van der Waals surface area contributed by atoms with E-state index in [1.54, 1.807) is 12.1 Å². The molecule has 2 amide bonds. The normalized spacial score (nSPS) is 17.6. The van der Waals surface area contributed by atoms with E-state index in [-0.39, 0.29) is 6.04 Å². The van der Waals surface area contributed by atoms with Gasteiger partial charge >= 0.3 is 11.8 Å². The monoisotopic (exact) mass is 379 g/mol. The molecule has 2 rings (SSSR count). The Balaban J connectivity index is 1.85. The Morgan fingerprint density at radius 1 is 0.885 bits per heavy atom. The number of amides is 2. The van der Waals surface area contributed by atoms with Crippen molar-refractivity contribution < 1.29 is 9.59 Å². The van der Waals surface area contributed by atoms with E-state index in [1.165, 1.54) is 51.0 Å². The van der Waals surface area contributed by atoms with Gasteiger partial charge in [0.2, 0.25) is 0 Å². The molecule has 0 heterocycles. The van der Waals surface area contributed by atoms with Gasteiger partial charge in [-0.1, -0.05) is 69.4 Å². The lowest BCUT2D eigenvalue weighted by atomic mass is 9.98. The summed E-state index contributed by atoms with van der Waals surface area (Å²) in [4.78, 5) is 24.4. The number of anilines is 2. The Labute approximate surface area is 161 Å². The summed E-state index contributed by atoms with van der Waals surface area (Å²) in [5.74, 6) is -1.26. The zero-order valence-electron chi connectivity index (χ0n) is 15.4. The summed E-state index contributed by atoms with van der Waals surface area (Å²) in [5.41, 5.74) is 6.55. The van der Waals surface area contributed by atoms with E-state index < -0.39 is 11.8 Å². The summed E-state index contributed by atoms with van der Waals surface area (Å²) in [5, 5.41) is 5.83. The van der Waals surface area contributed by atoms with Crippen molar-refractivity contribution in [2.45, 2.75) is 76.7 Å². The molecule has 0 bridgehead atoms. The summed E-state index contributed by atoms with van der Waals surface area (Å²) < 4.78 is 0. The van der Waals surface area contributed by atoms with Crippen molar-refractivity contribution in [3.05, 3.63) is 23.2 Å². The van der Waals surface area contributed by atoms with Crippen LogP contribution in [0.5, 0.6) is 0 Å². The third kappa shape index (κ3) is 7.24. The number of halogens is 1. The number of hydrogen-bond donors (Lipinski definition) is 3. The maximum absolute atomic E-state index is 12.3. The molecule has 0 aliphatic heterocycles. The van der Waals surface area contributed by atoms with Crippen molar-refractivity contribution in [3.8, 4) is 0 Å². The van der Waals surface area contributed by atoms with Crippen molar-refractivity contribution >= 4 is 34.8 Å². The van der Waals surface area contributed by atoms with Gasteiger partial charge in [-0.3, -0.25) is 9.59 Å². The van der Waals surface area contributed by atoms with Gasteiger partial charge < -0.3 is 16.4 Å². The van der Waals surface area contributed by atoms with E-state index in [0.717, 1.165) is 25.7 Å². The Morgan fingerprint density at radius 3 is 1.96 bits per heavy atom. The molecule has 0 unspecified atom stereocenters. The highest BCUT2D eigenvalue weighted by atomic mass is 35.5. The highest BCUT2D eigenvalue weighted by Gasteiger charge is 2.19. The predicted molar refractivity (Wildman–Crippen MR) is 107 cm³/mol. The molecule has 26 heavy (non-hydrogen) atoms. The van der Waals surface area contributed by atoms with Gasteiger partial charge in [-0.2, -0.15) is 0 Å². The van der Waals surface area contributed by atoms with Crippen molar-refractivity contribution in [3.63, 3.8) is 0 Å². The molecule has 144 valence electrons. The van der Waals surface area contributed by atoms with E-state index in [4.69, 9.17) is 17.3 Å². The maximum atomic E-state index is 12.3. The van der Waals surface area contributed by atoms with E-state index in [0.29, 0.717) is 16.4 Å². The minimum Gasteiger partial charge on any atom is -0.398 e. The number of hydrogen-bond acceptors (Lipinski definition) is 3. The van der Waals surface area contributed by atoms with Crippen molar-refractivity contribution in [1.29, 1.82) is 0 Å². The fraction of sp³-hybridized carbons (Fsp3) is 0.600. The molecule has 5 nitrogen and oxygen atoms in total. The molecule has 0 atom stereocenters. The smallest absolute Gasteiger partial charge is 0.313 e. The van der Waals surface area contributed by atoms with Crippen LogP contribution in [0.2, 0.25) is 5.02 Å². The van der Waals surface area contributed by atoms with Gasteiger partial charge in [0.15, 0.2) is 0 Å². The molecule has 1 aliphatic carbocycles. The Kier molecular flexibility index (Phi) is 8.75. The quantitative estimate of drug-likeness (QED) is 0.516. The molecule has 1 fully saturated rings. The first-order valence-corrected chi connectivity index (χ1v) is 10.1. The summed E-state index contributed by atoms with van der Waals surface area (Å²) >= 11 is 5.94. The van der Waals surface area contributed by atoms with Gasteiger partial charge in [0.25, 0.3) is 0 Å². The summed E-state index contributed by atoms with van der Waals surface area (Å²) in [6, 6.07) is 4.84. The number of nitrogens with two attached hydrogens (primary N) is 1. The van der Waals surface area contributed by atoms with Crippen LogP contribution in [0.3, 0.4) is 0 Å². The fourth-order valence-electron chi connectivity index (χ4n) is 3.35. The minimum absolute atomic E-state index is 0.0719. The average Bonchev–Trinajstić information content (AvgIpc) is 2.60. The SMILES string of the molecule is Nc1ccc(NC(=O)C(=O)NC2CCCCCCCCCCC2)cc1Cl. The van der Waals surface area contributed by atoms with Gasteiger partial charge in [0.05, 0.1) is 10.7 Å². The minimum atomic E-state index is -0.669. The molecule has 4 N–H and O–H groups in total. The predicted octanol–water partition coefficient (Wildman–Crippen LogP) is 4.65. The second-order valence-electron chi connectivity index (χ2n) is 7.12. The van der Waals surface area contributed by atoms with Crippen molar-refractivity contribution in [2.75, 3.05) is 11.1 Å². The Hall–Kier alpha value is -1.75. The third-order valence-electron chi connectivity index (χ3n) is 4.90. The standard InChI is InChI=1S/C20H30ClN3O2/c21-17-14-16(12-13-18(17)22)24-20(26)19(25)23-15-10-8-6-4-2-1-3-5-7-9-11-15/h12-15H,1-11,22H2,(H,23,25)(H,24,26). The Morgan fingerprint density at radius 2 is 1.42 bits per heavy atom. The summed E-state index contributed by atoms with van der Waals surface area (Å²) in [6.45, 7) is 0. The van der Waals surface area contributed by atoms with Gasteiger partial charge in [0, 0.05) is 11.7 Å². The molecule has 1 aliphatic rings. The highest BCUT2D eigenvalue weighted by molar-refractivity contribution is 6.40. The first-order valence-electron chi connectivity index (χ1n) is 9.73. The van der Waals surface area contributed by atoms with E-state index >= 15 is 0 Å². The zero-order valence-corrected chi connectivity index (χ0v) is 16.1. The molecule has 0 radical (unpaired) electrons. The summed E-state index contributed by atoms with van der Waals surface area (Å²) in [7, 11) is 0. The van der Waals surface area contributed by atoms with E-state index in [1.807, 2.05) is 0 Å². The molecule has 1 saturated carbocycles. The molecule has 6 heteroatoms. The molecule has 0 spiro atoms. The third-order valence-corrected chi connectivity index (χ3v) is 5.23. The molecule has 0 saturated heterocycles. The maximum Gasteiger partial charge on any atom is 0.313 e. The molecule has 0 aromatic heterocycles. The first kappa shape index (κ1) is 20.6. The van der Waals surface area contributed by atoms with E-state index in [9.17, 15) is 9.59 Å². The number of rotatable bonds is 2. The van der Waals surface area contributed by atoms with Crippen LogP contribution >= 0.6 is 11.6 Å². The largest absolute Gasteiger partial charge is 0.398 e. The average molecular weight is 380 g/mol. The van der Waals surface area contributed by atoms with Crippen LogP contribution in [0.25, 0.3) is 0 Å². The number of nitrogens with one attached hydrogen (secondary N) is 2. The lowest BCUT2D eigenvalue weighted by Gasteiger charge is -2.19. The summed E-state index contributed by atoms with van der Waals surface area (Å²) in [6.07, 6.45) is 12.9. The van der Waals surface area contributed by atoms with Gasteiger partial charge in [-0.05, 0) is 31.0 Å². The second kappa shape index (κ2) is 11.1. The van der Waals surface area contributed by atoms with Crippen LogP contribution in [0.15, 0.2) is 18.2 Å². The van der Waals surface area contributed by atoms with Crippen LogP contribution < -0.4 is 16.4 Å². The lowest BCUT2D eigenvalue weighted by Crippen LogP contribution is -2.41.